The van der Waals surface area contributed by atoms with E-state index in [0.29, 0.717) is 12.6 Å². The molecule has 0 amide bonds. The van der Waals surface area contributed by atoms with Gasteiger partial charge in [-0.3, -0.25) is 10.1 Å². The van der Waals surface area contributed by atoms with Crippen molar-refractivity contribution in [3.63, 3.8) is 0 Å². The quantitative estimate of drug-likeness (QED) is 0.677. The van der Waals surface area contributed by atoms with Crippen molar-refractivity contribution in [2.24, 2.45) is 0 Å². The van der Waals surface area contributed by atoms with Crippen LogP contribution in [-0.2, 0) is 6.54 Å². The molecular weight excluding hydrogens is 284 g/mol. The van der Waals surface area contributed by atoms with Gasteiger partial charge in [-0.2, -0.15) is 4.39 Å². The first kappa shape index (κ1) is 15.0. The first-order valence-electron chi connectivity index (χ1n) is 6.20. The van der Waals surface area contributed by atoms with Crippen LogP contribution in [0, 0.1) is 21.7 Å². The second-order valence-electron chi connectivity index (χ2n) is 4.70. The van der Waals surface area contributed by atoms with Crippen LogP contribution in [0.15, 0.2) is 22.7 Å². The summed E-state index contributed by atoms with van der Waals surface area (Å²) in [6, 6.07) is 1.56. The molecule has 0 unspecified atom stereocenters. The zero-order chi connectivity index (χ0) is 15.6. The highest BCUT2D eigenvalue weighted by Crippen LogP contribution is 2.30. The largest absolute Gasteiger partial charge is 0.439 e. The molecule has 1 aromatic carbocycles. The molecule has 0 atom stereocenters. The van der Waals surface area contributed by atoms with Gasteiger partial charge in [-0.25, -0.2) is 9.37 Å². The van der Waals surface area contributed by atoms with Crippen molar-refractivity contribution in [1.29, 1.82) is 0 Å². The average molecular weight is 297 g/mol. The number of aromatic nitrogens is 1. The van der Waals surface area contributed by atoms with E-state index in [0.717, 1.165) is 6.07 Å². The fourth-order valence-electron chi connectivity index (χ4n) is 1.69. The Kier molecular flexibility index (Phi) is 4.27. The van der Waals surface area contributed by atoms with Crippen molar-refractivity contribution < 1.29 is 18.1 Å². The van der Waals surface area contributed by atoms with E-state index in [2.05, 4.69) is 10.3 Å². The molecule has 0 bridgehead atoms. The van der Waals surface area contributed by atoms with Crippen LogP contribution in [0.1, 0.15) is 19.7 Å². The maximum atomic E-state index is 14.0. The first-order chi connectivity index (χ1) is 9.88. The molecule has 21 heavy (non-hydrogen) atoms. The molecule has 6 nitrogen and oxygen atoms in total. The molecule has 1 heterocycles. The monoisotopic (exact) mass is 297 g/mol. The normalized spacial score (nSPS) is 11.1. The van der Waals surface area contributed by atoms with Gasteiger partial charge in [0.1, 0.15) is 5.82 Å². The van der Waals surface area contributed by atoms with Crippen molar-refractivity contribution >= 4 is 5.69 Å². The maximum absolute atomic E-state index is 14.0. The summed E-state index contributed by atoms with van der Waals surface area (Å²) in [6.45, 7) is 4.18. The lowest BCUT2D eigenvalue weighted by molar-refractivity contribution is -0.387. The van der Waals surface area contributed by atoms with E-state index in [-0.39, 0.29) is 23.3 Å². The summed E-state index contributed by atoms with van der Waals surface area (Å²) < 4.78 is 32.7. The van der Waals surface area contributed by atoms with Crippen LogP contribution >= 0.6 is 0 Å². The Morgan fingerprint density at radius 1 is 1.43 bits per heavy atom. The Morgan fingerprint density at radius 3 is 2.76 bits per heavy atom. The molecule has 0 aliphatic rings. The number of rotatable bonds is 5. The van der Waals surface area contributed by atoms with Crippen molar-refractivity contribution in [2.75, 3.05) is 0 Å². The highest BCUT2D eigenvalue weighted by atomic mass is 19.1. The highest BCUT2D eigenvalue weighted by Gasteiger charge is 2.23. The molecule has 2 aromatic rings. The van der Waals surface area contributed by atoms with E-state index in [1.54, 1.807) is 0 Å². The number of oxazole rings is 1. The SMILES string of the molecule is CC(C)NCc1ncc(-c2cc(F)cc([N+](=O)[O-])c2F)o1. The second-order valence-corrected chi connectivity index (χ2v) is 4.70. The molecule has 2 rings (SSSR count). The lowest BCUT2D eigenvalue weighted by atomic mass is 10.1. The van der Waals surface area contributed by atoms with Crippen LogP contribution in [0.2, 0.25) is 0 Å². The zero-order valence-electron chi connectivity index (χ0n) is 11.4. The standard InChI is InChI=1S/C13H13F2N3O3/c1-7(2)16-6-12-17-5-11(21-12)9-3-8(14)4-10(13(9)15)18(19)20/h3-5,7,16H,6H2,1-2H3. The van der Waals surface area contributed by atoms with Crippen molar-refractivity contribution in [1.82, 2.24) is 10.3 Å². The number of nitro groups is 1. The third-order valence-corrected chi connectivity index (χ3v) is 2.70. The van der Waals surface area contributed by atoms with Crippen LogP contribution in [0.3, 0.4) is 0 Å². The third-order valence-electron chi connectivity index (χ3n) is 2.70. The number of benzene rings is 1. The Morgan fingerprint density at radius 2 is 2.14 bits per heavy atom. The highest BCUT2D eigenvalue weighted by molar-refractivity contribution is 5.62. The summed E-state index contributed by atoms with van der Waals surface area (Å²) in [5, 5.41) is 13.7. The van der Waals surface area contributed by atoms with Crippen molar-refractivity contribution in [3.05, 3.63) is 46.0 Å². The summed E-state index contributed by atoms with van der Waals surface area (Å²) in [7, 11) is 0. The molecule has 0 radical (unpaired) electrons. The summed E-state index contributed by atoms with van der Waals surface area (Å²) in [6.07, 6.45) is 1.21. The predicted octanol–water partition coefficient (Wildman–Crippen LogP) is 3.03. The minimum absolute atomic E-state index is 0.0596. The molecule has 0 aliphatic heterocycles. The second kappa shape index (κ2) is 5.96. The smallest absolute Gasteiger partial charge is 0.308 e. The number of nitrogens with zero attached hydrogens (tertiary/aromatic N) is 2. The van der Waals surface area contributed by atoms with E-state index >= 15 is 0 Å². The maximum Gasteiger partial charge on any atom is 0.308 e. The zero-order valence-corrected chi connectivity index (χ0v) is 11.4. The topological polar surface area (TPSA) is 81.2 Å². The molecular formula is C13H13F2N3O3. The van der Waals surface area contributed by atoms with Crippen LogP contribution in [-0.4, -0.2) is 15.9 Å². The number of hydrogen-bond donors (Lipinski definition) is 1. The number of hydrogen-bond acceptors (Lipinski definition) is 5. The van der Waals surface area contributed by atoms with E-state index in [4.69, 9.17) is 4.42 Å². The van der Waals surface area contributed by atoms with E-state index in [1.165, 1.54) is 6.20 Å². The summed E-state index contributed by atoms with van der Waals surface area (Å²) in [5.74, 6) is -1.85. The minimum atomic E-state index is -1.15. The van der Waals surface area contributed by atoms with Gasteiger partial charge in [0.15, 0.2) is 5.76 Å². The Bertz CT molecular complexity index is 671. The van der Waals surface area contributed by atoms with E-state index in [9.17, 15) is 18.9 Å². The van der Waals surface area contributed by atoms with Gasteiger partial charge in [0.25, 0.3) is 0 Å². The van der Waals surface area contributed by atoms with Crippen LogP contribution in [0.25, 0.3) is 11.3 Å². The molecule has 0 saturated carbocycles. The minimum Gasteiger partial charge on any atom is -0.439 e. The van der Waals surface area contributed by atoms with Gasteiger partial charge < -0.3 is 9.73 Å². The molecule has 0 aliphatic carbocycles. The predicted molar refractivity (Wildman–Crippen MR) is 70.5 cm³/mol. The number of nitro benzene ring substituents is 1. The Hall–Kier alpha value is -2.35. The Balaban J connectivity index is 2.36. The van der Waals surface area contributed by atoms with Crippen molar-refractivity contribution in [2.45, 2.75) is 26.4 Å². The van der Waals surface area contributed by atoms with Gasteiger partial charge >= 0.3 is 5.69 Å². The van der Waals surface area contributed by atoms with Gasteiger partial charge in [0.05, 0.1) is 29.3 Å². The fourth-order valence-corrected chi connectivity index (χ4v) is 1.69. The summed E-state index contributed by atoms with van der Waals surface area (Å²) in [5.41, 5.74) is -1.27. The van der Waals surface area contributed by atoms with Crippen molar-refractivity contribution in [3.8, 4) is 11.3 Å². The lowest BCUT2D eigenvalue weighted by Gasteiger charge is -2.04. The van der Waals surface area contributed by atoms with Gasteiger partial charge in [-0.1, -0.05) is 13.8 Å². The molecule has 0 spiro atoms. The van der Waals surface area contributed by atoms with E-state index < -0.39 is 22.2 Å². The lowest BCUT2D eigenvalue weighted by Crippen LogP contribution is -2.21. The number of nitrogens with one attached hydrogen (secondary N) is 1. The molecule has 8 heteroatoms. The van der Waals surface area contributed by atoms with Gasteiger partial charge in [-0.05, 0) is 6.07 Å². The average Bonchev–Trinajstić information content (AvgIpc) is 2.87. The van der Waals surface area contributed by atoms with Gasteiger partial charge in [0.2, 0.25) is 11.7 Å². The molecule has 1 N–H and O–H groups in total. The molecule has 0 fully saturated rings. The summed E-state index contributed by atoms with van der Waals surface area (Å²) >= 11 is 0. The van der Waals surface area contributed by atoms with Gasteiger partial charge in [-0.15, -0.1) is 0 Å². The molecule has 112 valence electrons. The fraction of sp³-hybridized carbons (Fsp3) is 0.308. The summed E-state index contributed by atoms with van der Waals surface area (Å²) in [4.78, 5) is 13.6. The first-order valence-corrected chi connectivity index (χ1v) is 6.20. The Labute approximate surface area is 118 Å². The third kappa shape index (κ3) is 3.40. The number of halogens is 2. The molecule has 0 saturated heterocycles. The van der Waals surface area contributed by atoms with Crippen LogP contribution in [0.5, 0.6) is 0 Å². The van der Waals surface area contributed by atoms with Gasteiger partial charge in [0, 0.05) is 6.04 Å². The van der Waals surface area contributed by atoms with Crippen LogP contribution < -0.4 is 5.32 Å². The van der Waals surface area contributed by atoms with Crippen LogP contribution in [0.4, 0.5) is 14.5 Å². The molecule has 1 aromatic heterocycles. The van der Waals surface area contributed by atoms with E-state index in [1.807, 2.05) is 13.8 Å².